The van der Waals surface area contributed by atoms with Crippen molar-refractivity contribution in [2.75, 3.05) is 0 Å². The fourth-order valence-corrected chi connectivity index (χ4v) is 2.23. The topological polar surface area (TPSA) is 66.4 Å². The zero-order valence-corrected chi connectivity index (χ0v) is 12.7. The van der Waals surface area contributed by atoms with Gasteiger partial charge in [-0.15, -0.1) is 0 Å². The number of hydrogen-bond acceptors (Lipinski definition) is 2. The van der Waals surface area contributed by atoms with Gasteiger partial charge in [-0.05, 0) is 12.0 Å². The second-order valence-corrected chi connectivity index (χ2v) is 5.27. The first-order valence-electron chi connectivity index (χ1n) is 7.72. The van der Waals surface area contributed by atoms with Crippen LogP contribution in [0, 0.1) is 0 Å². The molecule has 1 aromatic rings. The number of carbonyl (C=O) groups is 2. The number of aliphatic carboxylic acids is 1. The molecule has 4 heteroatoms. The van der Waals surface area contributed by atoms with Gasteiger partial charge in [0, 0.05) is 6.42 Å². The van der Waals surface area contributed by atoms with E-state index in [0.717, 1.165) is 19.3 Å². The Morgan fingerprint density at radius 2 is 1.67 bits per heavy atom. The molecule has 0 radical (unpaired) electrons. The third-order valence-electron chi connectivity index (χ3n) is 3.44. The number of benzene rings is 1. The molecular formula is C17H25NO3. The summed E-state index contributed by atoms with van der Waals surface area (Å²) in [6.45, 7) is 2.17. The van der Waals surface area contributed by atoms with Gasteiger partial charge >= 0.3 is 5.97 Å². The second kappa shape index (κ2) is 9.97. The Morgan fingerprint density at radius 1 is 1.05 bits per heavy atom. The van der Waals surface area contributed by atoms with Crippen LogP contribution in [-0.2, 0) is 9.59 Å². The Balaban J connectivity index is 2.35. The highest BCUT2D eigenvalue weighted by Gasteiger charge is 2.21. The summed E-state index contributed by atoms with van der Waals surface area (Å²) < 4.78 is 0. The van der Waals surface area contributed by atoms with Gasteiger partial charge in [0.25, 0.3) is 0 Å². The van der Waals surface area contributed by atoms with Gasteiger partial charge in [0.15, 0.2) is 6.04 Å². The Hall–Kier alpha value is -1.84. The lowest BCUT2D eigenvalue weighted by molar-refractivity contribution is -0.142. The molecular weight excluding hydrogens is 266 g/mol. The molecule has 116 valence electrons. The minimum Gasteiger partial charge on any atom is -0.479 e. The van der Waals surface area contributed by atoms with Crippen molar-refractivity contribution in [1.82, 2.24) is 5.32 Å². The normalized spacial score (nSPS) is 11.9. The van der Waals surface area contributed by atoms with Crippen LogP contribution in [0.25, 0.3) is 0 Å². The molecule has 1 amide bonds. The number of carboxylic acid groups (broad SMARTS) is 1. The second-order valence-electron chi connectivity index (χ2n) is 5.27. The van der Waals surface area contributed by atoms with Crippen LogP contribution in [0.2, 0.25) is 0 Å². The highest BCUT2D eigenvalue weighted by atomic mass is 16.4. The monoisotopic (exact) mass is 291 g/mol. The fourth-order valence-electron chi connectivity index (χ4n) is 2.23. The molecule has 0 aromatic heterocycles. The average molecular weight is 291 g/mol. The molecule has 0 aliphatic carbocycles. The number of carboxylic acids is 1. The van der Waals surface area contributed by atoms with Crippen LogP contribution in [0.1, 0.15) is 63.5 Å². The lowest BCUT2D eigenvalue weighted by atomic mass is 10.1. The van der Waals surface area contributed by atoms with Gasteiger partial charge in [0.05, 0.1) is 0 Å². The summed E-state index contributed by atoms with van der Waals surface area (Å²) in [6, 6.07) is 7.82. The Kier molecular flexibility index (Phi) is 8.17. The fraction of sp³-hybridized carbons (Fsp3) is 0.529. The number of carbonyl (C=O) groups excluding carboxylic acids is 1. The highest BCUT2D eigenvalue weighted by molar-refractivity contribution is 5.84. The maximum Gasteiger partial charge on any atom is 0.330 e. The molecule has 1 aromatic carbocycles. The number of rotatable bonds is 10. The van der Waals surface area contributed by atoms with Crippen molar-refractivity contribution >= 4 is 11.9 Å². The molecule has 1 atom stereocenters. The molecule has 4 nitrogen and oxygen atoms in total. The van der Waals surface area contributed by atoms with Crippen LogP contribution in [0.15, 0.2) is 30.3 Å². The standard InChI is InChI=1S/C17H25NO3/c1-2-3-4-5-6-10-13-15(19)18-16(17(20)21)14-11-8-7-9-12-14/h7-9,11-12,16H,2-6,10,13H2,1H3,(H,18,19)(H,20,21)/t16-/m1/s1. The van der Waals surface area contributed by atoms with E-state index in [9.17, 15) is 14.7 Å². The number of unbranched alkanes of at least 4 members (excludes halogenated alkanes) is 5. The van der Waals surface area contributed by atoms with E-state index in [-0.39, 0.29) is 5.91 Å². The Morgan fingerprint density at radius 3 is 2.29 bits per heavy atom. The zero-order valence-electron chi connectivity index (χ0n) is 12.7. The van der Waals surface area contributed by atoms with E-state index in [4.69, 9.17) is 0 Å². The third kappa shape index (κ3) is 6.93. The zero-order chi connectivity index (χ0) is 15.5. The van der Waals surface area contributed by atoms with E-state index in [2.05, 4.69) is 12.2 Å². The average Bonchev–Trinajstić information content (AvgIpc) is 2.49. The summed E-state index contributed by atoms with van der Waals surface area (Å²) in [5.74, 6) is -1.22. The van der Waals surface area contributed by atoms with Gasteiger partial charge in [-0.1, -0.05) is 69.4 Å². The van der Waals surface area contributed by atoms with Crippen LogP contribution in [0.3, 0.4) is 0 Å². The Bertz CT molecular complexity index is 431. The van der Waals surface area contributed by atoms with E-state index in [0.29, 0.717) is 12.0 Å². The number of amides is 1. The molecule has 0 unspecified atom stereocenters. The molecule has 0 heterocycles. The summed E-state index contributed by atoms with van der Waals surface area (Å²) in [5, 5.41) is 11.8. The van der Waals surface area contributed by atoms with E-state index in [1.54, 1.807) is 24.3 Å². The maximum atomic E-state index is 11.8. The van der Waals surface area contributed by atoms with Crippen LogP contribution in [0.5, 0.6) is 0 Å². The minimum absolute atomic E-state index is 0.193. The molecule has 0 saturated carbocycles. The summed E-state index contributed by atoms with van der Waals surface area (Å²) in [4.78, 5) is 23.1. The van der Waals surface area contributed by atoms with Gasteiger partial charge < -0.3 is 10.4 Å². The summed E-state index contributed by atoms with van der Waals surface area (Å²) in [5.41, 5.74) is 0.598. The predicted octanol–water partition coefficient (Wildman–Crippen LogP) is 3.68. The molecule has 1 rings (SSSR count). The SMILES string of the molecule is CCCCCCCCC(=O)N[C@@H](C(=O)O)c1ccccc1. The first kappa shape index (κ1) is 17.2. The van der Waals surface area contributed by atoms with Crippen molar-refractivity contribution in [2.45, 2.75) is 57.9 Å². The van der Waals surface area contributed by atoms with Crippen LogP contribution < -0.4 is 5.32 Å². The summed E-state index contributed by atoms with van der Waals surface area (Å²) in [7, 11) is 0. The molecule has 2 N–H and O–H groups in total. The van der Waals surface area contributed by atoms with Crippen LogP contribution in [-0.4, -0.2) is 17.0 Å². The van der Waals surface area contributed by atoms with Gasteiger partial charge in [-0.25, -0.2) is 4.79 Å². The van der Waals surface area contributed by atoms with E-state index < -0.39 is 12.0 Å². The Labute approximate surface area is 126 Å². The third-order valence-corrected chi connectivity index (χ3v) is 3.44. The van der Waals surface area contributed by atoms with Crippen LogP contribution >= 0.6 is 0 Å². The molecule has 0 fully saturated rings. The molecule has 21 heavy (non-hydrogen) atoms. The molecule has 0 aliphatic rings. The molecule has 0 bridgehead atoms. The largest absolute Gasteiger partial charge is 0.479 e. The lowest BCUT2D eigenvalue weighted by Crippen LogP contribution is -2.33. The van der Waals surface area contributed by atoms with E-state index in [1.165, 1.54) is 19.3 Å². The van der Waals surface area contributed by atoms with Gasteiger partial charge in [-0.2, -0.15) is 0 Å². The summed E-state index contributed by atoms with van der Waals surface area (Å²) in [6.07, 6.45) is 7.02. The number of nitrogens with one attached hydrogen (secondary N) is 1. The first-order valence-corrected chi connectivity index (χ1v) is 7.72. The van der Waals surface area contributed by atoms with Gasteiger partial charge in [0.1, 0.15) is 0 Å². The molecule has 0 saturated heterocycles. The predicted molar refractivity (Wildman–Crippen MR) is 83.0 cm³/mol. The van der Waals surface area contributed by atoms with Crippen molar-refractivity contribution in [1.29, 1.82) is 0 Å². The highest BCUT2D eigenvalue weighted by Crippen LogP contribution is 2.13. The first-order chi connectivity index (χ1) is 10.1. The van der Waals surface area contributed by atoms with Crippen molar-refractivity contribution in [3.8, 4) is 0 Å². The summed E-state index contributed by atoms with van der Waals surface area (Å²) >= 11 is 0. The van der Waals surface area contributed by atoms with Gasteiger partial charge in [0.2, 0.25) is 5.91 Å². The lowest BCUT2D eigenvalue weighted by Gasteiger charge is -2.14. The van der Waals surface area contributed by atoms with Crippen molar-refractivity contribution in [2.24, 2.45) is 0 Å². The van der Waals surface area contributed by atoms with Crippen molar-refractivity contribution < 1.29 is 14.7 Å². The smallest absolute Gasteiger partial charge is 0.330 e. The van der Waals surface area contributed by atoms with Crippen molar-refractivity contribution in [3.63, 3.8) is 0 Å². The van der Waals surface area contributed by atoms with Crippen LogP contribution in [0.4, 0.5) is 0 Å². The molecule has 0 spiro atoms. The quantitative estimate of drug-likeness (QED) is 0.646. The van der Waals surface area contributed by atoms with E-state index in [1.807, 2.05) is 6.07 Å². The minimum atomic E-state index is -1.03. The maximum absolute atomic E-state index is 11.8. The number of hydrogen-bond donors (Lipinski definition) is 2. The van der Waals surface area contributed by atoms with Crippen molar-refractivity contribution in [3.05, 3.63) is 35.9 Å². The van der Waals surface area contributed by atoms with E-state index >= 15 is 0 Å². The van der Waals surface area contributed by atoms with Gasteiger partial charge in [-0.3, -0.25) is 4.79 Å². The molecule has 0 aliphatic heterocycles.